The predicted molar refractivity (Wildman–Crippen MR) is 113 cm³/mol. The number of aromatic nitrogens is 4. The Labute approximate surface area is 181 Å². The van der Waals surface area contributed by atoms with Gasteiger partial charge in [0.05, 0.1) is 5.69 Å². The van der Waals surface area contributed by atoms with E-state index in [-0.39, 0.29) is 27.5 Å². The van der Waals surface area contributed by atoms with Crippen molar-refractivity contribution in [2.75, 3.05) is 4.72 Å². The molecule has 2 aromatic carbocycles. The molecule has 3 aromatic heterocycles. The summed E-state index contributed by atoms with van der Waals surface area (Å²) in [7, 11) is -3.91. The molecule has 0 amide bonds. The van der Waals surface area contributed by atoms with E-state index < -0.39 is 15.8 Å². The number of nitrogens with one attached hydrogen (secondary N) is 1. The van der Waals surface area contributed by atoms with Crippen LogP contribution in [0.3, 0.4) is 0 Å². The van der Waals surface area contributed by atoms with E-state index in [4.69, 9.17) is 0 Å². The van der Waals surface area contributed by atoms with Crippen molar-refractivity contribution in [2.45, 2.75) is 4.90 Å². The maximum Gasteiger partial charge on any atom is 0.359 e. The van der Waals surface area contributed by atoms with E-state index in [0.29, 0.717) is 16.6 Å². The molecule has 3 N–H and O–H groups in total. The number of pyridine rings is 2. The first kappa shape index (κ1) is 21.2. The molecule has 0 atom stereocenters. The van der Waals surface area contributed by atoms with Crippen LogP contribution in [0.25, 0.3) is 22.1 Å². The number of benzene rings is 2. The van der Waals surface area contributed by atoms with E-state index >= 15 is 0 Å². The van der Waals surface area contributed by atoms with Crippen LogP contribution < -0.4 is 9.24 Å². The standard InChI is InChI=1S/C21H14FN5O3S.H2O/c22-14-7-9-15(10-8-14)26-21(28)20-12-18(17-5-1-2-6-19(17)27(20)25-26)24-31(29,30)16-4-3-11-23-13-16;/h1-13,25H;1H2. The summed E-state index contributed by atoms with van der Waals surface area (Å²) in [4.78, 5) is 3.87. The molecule has 0 aliphatic heterocycles. The fourth-order valence-electron chi connectivity index (χ4n) is 3.34. The maximum atomic E-state index is 13.3. The molecule has 9 nitrogen and oxygen atoms in total. The van der Waals surface area contributed by atoms with E-state index in [1.807, 2.05) is 0 Å². The molecule has 0 spiro atoms. The van der Waals surface area contributed by atoms with Crippen LogP contribution in [0.15, 0.2) is 84.0 Å². The number of anilines is 1. The quantitative estimate of drug-likeness (QED) is 0.402. The summed E-state index contributed by atoms with van der Waals surface area (Å²) >= 11 is 0. The zero-order valence-electron chi connectivity index (χ0n) is 16.3. The molecule has 0 unspecified atom stereocenters. The molecule has 0 aliphatic carbocycles. The highest BCUT2D eigenvalue weighted by molar-refractivity contribution is 7.92. The lowest BCUT2D eigenvalue weighted by molar-refractivity contribution is -0.555. The molecule has 32 heavy (non-hydrogen) atoms. The number of aromatic hydroxyl groups is 1. The van der Waals surface area contributed by atoms with Crippen LogP contribution in [-0.4, -0.2) is 33.9 Å². The largest absolute Gasteiger partial charge is 0.870 e. The van der Waals surface area contributed by atoms with Gasteiger partial charge in [0.15, 0.2) is 11.2 Å². The summed E-state index contributed by atoms with van der Waals surface area (Å²) in [6.45, 7) is 0. The third-order valence-corrected chi connectivity index (χ3v) is 6.15. The van der Waals surface area contributed by atoms with E-state index in [1.54, 1.807) is 24.3 Å². The second-order valence-electron chi connectivity index (χ2n) is 6.77. The number of nitrogens with zero attached hydrogens (tertiary/aromatic N) is 4. The number of hydrogen-bond donors (Lipinski definition) is 2. The first-order valence-electron chi connectivity index (χ1n) is 9.19. The number of rotatable bonds is 4. The molecule has 0 saturated heterocycles. The summed E-state index contributed by atoms with van der Waals surface area (Å²) in [5.74, 6) is -0.635. The van der Waals surface area contributed by atoms with E-state index in [0.717, 1.165) is 0 Å². The van der Waals surface area contributed by atoms with Crippen molar-refractivity contribution in [2.24, 2.45) is 0 Å². The lowest BCUT2D eigenvalue weighted by Gasteiger charge is -2.09. The molecular weight excluding hydrogens is 437 g/mol. The van der Waals surface area contributed by atoms with Crippen molar-refractivity contribution in [3.63, 3.8) is 0 Å². The molecule has 11 heteroatoms. The lowest BCUT2D eigenvalue weighted by atomic mass is 10.2. The molecular formula is C21H16FN5O4S. The summed E-state index contributed by atoms with van der Waals surface area (Å²) < 4.78 is 44.3. The van der Waals surface area contributed by atoms with Crippen LogP contribution in [-0.2, 0) is 10.0 Å². The molecule has 0 fully saturated rings. The van der Waals surface area contributed by atoms with Crippen LogP contribution in [0, 0.1) is 5.82 Å². The number of hydrogen-bond acceptors (Lipinski definition) is 6. The summed E-state index contributed by atoms with van der Waals surface area (Å²) in [6.07, 6.45) is 2.74. The topological polar surface area (TPSA) is 131 Å². The fourth-order valence-corrected chi connectivity index (χ4v) is 4.37. The van der Waals surface area contributed by atoms with Gasteiger partial charge in [-0.25, -0.2) is 12.8 Å². The minimum atomic E-state index is -3.91. The van der Waals surface area contributed by atoms with Crippen LogP contribution in [0.1, 0.15) is 0 Å². The average molecular weight is 453 g/mol. The molecule has 0 bridgehead atoms. The Hall–Kier alpha value is -4.09. The van der Waals surface area contributed by atoms with Gasteiger partial charge < -0.3 is 10.6 Å². The fraction of sp³-hybridized carbons (Fsp3) is 0. The molecule has 5 rings (SSSR count). The van der Waals surface area contributed by atoms with Crippen LogP contribution in [0.5, 0.6) is 5.88 Å². The SMILES string of the molecule is O=S(=O)(Nc1cc2c(O)n(-c3ccc(F)cc3)n[n+]2c2ccccc12)c1cccnc1.[OH-]. The van der Waals surface area contributed by atoms with Crippen molar-refractivity contribution in [1.82, 2.24) is 14.9 Å². The van der Waals surface area contributed by atoms with Gasteiger partial charge in [0.2, 0.25) is 5.52 Å². The van der Waals surface area contributed by atoms with Gasteiger partial charge in [0, 0.05) is 23.8 Å². The third kappa shape index (κ3) is 3.49. The second-order valence-corrected chi connectivity index (χ2v) is 8.45. The van der Waals surface area contributed by atoms with Gasteiger partial charge in [-0.05, 0) is 48.5 Å². The Morgan fingerprint density at radius 1 is 1.00 bits per heavy atom. The lowest BCUT2D eigenvalue weighted by Crippen LogP contribution is -2.26. The van der Waals surface area contributed by atoms with Crippen molar-refractivity contribution in [1.29, 1.82) is 0 Å². The van der Waals surface area contributed by atoms with Gasteiger partial charge >= 0.3 is 5.88 Å². The monoisotopic (exact) mass is 453 g/mol. The summed E-state index contributed by atoms with van der Waals surface area (Å²) in [6, 6.07) is 17.0. The first-order chi connectivity index (χ1) is 14.9. The molecule has 3 heterocycles. The Morgan fingerprint density at radius 2 is 1.75 bits per heavy atom. The van der Waals surface area contributed by atoms with E-state index in [1.165, 1.54) is 64.1 Å². The van der Waals surface area contributed by atoms with Gasteiger partial charge in [-0.15, -0.1) is 0 Å². The average Bonchev–Trinajstić information content (AvgIpc) is 3.11. The van der Waals surface area contributed by atoms with Crippen LogP contribution in [0.4, 0.5) is 10.1 Å². The smallest absolute Gasteiger partial charge is 0.359 e. The zero-order valence-corrected chi connectivity index (χ0v) is 17.1. The van der Waals surface area contributed by atoms with Gasteiger partial charge in [-0.1, -0.05) is 21.3 Å². The van der Waals surface area contributed by atoms with Crippen LogP contribution in [0.2, 0.25) is 0 Å². The Kier molecular flexibility index (Phi) is 5.20. The Morgan fingerprint density at radius 3 is 2.47 bits per heavy atom. The molecule has 5 aromatic rings. The number of para-hydroxylation sites is 1. The predicted octanol–water partition coefficient (Wildman–Crippen LogP) is 2.63. The zero-order chi connectivity index (χ0) is 21.6. The maximum absolute atomic E-state index is 13.3. The van der Waals surface area contributed by atoms with Crippen molar-refractivity contribution in [3.05, 3.63) is 84.9 Å². The molecule has 0 aliphatic rings. The van der Waals surface area contributed by atoms with Crippen molar-refractivity contribution < 1.29 is 27.9 Å². The number of halogens is 1. The summed E-state index contributed by atoms with van der Waals surface area (Å²) in [5, 5.41) is 15.8. The Balaban J connectivity index is 0.00000245. The molecule has 0 radical (unpaired) electrons. The molecule has 0 saturated carbocycles. The van der Waals surface area contributed by atoms with Gasteiger partial charge in [0.25, 0.3) is 10.0 Å². The van der Waals surface area contributed by atoms with Gasteiger partial charge in [-0.3, -0.25) is 9.71 Å². The van der Waals surface area contributed by atoms with Gasteiger partial charge in [0.1, 0.15) is 15.9 Å². The number of fused-ring (bicyclic) bond motifs is 3. The Bertz CT molecular complexity index is 1540. The third-order valence-electron chi connectivity index (χ3n) is 4.80. The van der Waals surface area contributed by atoms with Crippen molar-refractivity contribution in [3.8, 4) is 11.6 Å². The number of sulfonamides is 1. The van der Waals surface area contributed by atoms with Crippen LogP contribution >= 0.6 is 0 Å². The van der Waals surface area contributed by atoms with Crippen molar-refractivity contribution >= 4 is 32.1 Å². The minimum Gasteiger partial charge on any atom is -0.870 e. The minimum absolute atomic E-state index is 0. The summed E-state index contributed by atoms with van der Waals surface area (Å²) in [5.41, 5.74) is 1.56. The normalized spacial score (nSPS) is 11.4. The van der Waals surface area contributed by atoms with E-state index in [2.05, 4.69) is 14.9 Å². The highest BCUT2D eigenvalue weighted by atomic mass is 32.2. The van der Waals surface area contributed by atoms with E-state index in [9.17, 15) is 17.9 Å². The first-order valence-corrected chi connectivity index (χ1v) is 10.7. The highest BCUT2D eigenvalue weighted by Gasteiger charge is 2.26. The van der Waals surface area contributed by atoms with Gasteiger partial charge in [-0.2, -0.15) is 0 Å². The second kappa shape index (κ2) is 7.87. The molecule has 162 valence electrons. The highest BCUT2D eigenvalue weighted by Crippen LogP contribution is 2.29.